The van der Waals surface area contributed by atoms with Gasteiger partial charge in [-0.05, 0) is 90.2 Å². The Hall–Kier alpha value is -6.32. The predicted molar refractivity (Wildman–Crippen MR) is 241 cm³/mol. The molecule has 8 amide bonds. The second-order valence-corrected chi connectivity index (χ2v) is 17.9. The van der Waals surface area contributed by atoms with Gasteiger partial charge in [-0.2, -0.15) is 0 Å². The van der Waals surface area contributed by atoms with E-state index >= 15 is 0 Å². The van der Waals surface area contributed by atoms with Crippen molar-refractivity contribution >= 4 is 47.3 Å². The molecule has 4 heterocycles. The van der Waals surface area contributed by atoms with Gasteiger partial charge < -0.3 is 41.7 Å². The van der Waals surface area contributed by atoms with E-state index in [1.54, 1.807) is 49.6 Å². The standard InChI is InChI=1S/2C24H32N4O4/c2*1-4-5-12-17-20(29)27-24(2,3)23(32)26-18(15-16-10-7-6-8-11-16)22(31)28-14-9-13-19(28)21(30)25-17/h2*4,6-8,10-11,17-19H,1,5,9,12-15H2,2-3H3,(H,25,30)(H,26,32)(H,27,29)/t17-,18-,19?;/m0./s1. The molecule has 0 aromatic heterocycles. The molecule has 2 aromatic carbocycles. The predicted octanol–water partition coefficient (Wildman–Crippen LogP) is 2.13. The van der Waals surface area contributed by atoms with Crippen molar-refractivity contribution in [3.8, 4) is 0 Å². The normalized spacial score (nSPS) is 26.2. The molecule has 16 heteroatoms. The minimum absolute atomic E-state index is 0.287. The summed E-state index contributed by atoms with van der Waals surface area (Å²) in [5.41, 5.74) is -0.755. The van der Waals surface area contributed by atoms with E-state index in [9.17, 15) is 38.4 Å². The van der Waals surface area contributed by atoms with E-state index in [1.807, 2.05) is 60.7 Å². The Bertz CT molecular complexity index is 1910. The molecule has 4 fully saturated rings. The van der Waals surface area contributed by atoms with Crippen molar-refractivity contribution in [2.24, 2.45) is 0 Å². The number of allylic oxidation sites excluding steroid dienone is 2. The highest BCUT2D eigenvalue weighted by atomic mass is 16.2. The maximum Gasteiger partial charge on any atom is 0.246 e. The first-order valence-corrected chi connectivity index (χ1v) is 22.2. The fraction of sp³-hybridized carbons (Fsp3) is 0.500. The summed E-state index contributed by atoms with van der Waals surface area (Å²) in [5, 5.41) is 16.8. The third-order valence-electron chi connectivity index (χ3n) is 12.0. The Morgan fingerprint density at radius 3 is 1.23 bits per heavy atom. The van der Waals surface area contributed by atoms with Gasteiger partial charge in [0.15, 0.2) is 0 Å². The summed E-state index contributed by atoms with van der Waals surface area (Å²) in [6, 6.07) is 14.2. The molecule has 0 saturated carbocycles. The summed E-state index contributed by atoms with van der Waals surface area (Å²) in [6.07, 6.45) is 8.11. The van der Waals surface area contributed by atoms with E-state index in [4.69, 9.17) is 0 Å². The largest absolute Gasteiger partial charge is 0.343 e. The summed E-state index contributed by atoms with van der Waals surface area (Å²) >= 11 is 0. The van der Waals surface area contributed by atoms with Crippen molar-refractivity contribution in [2.75, 3.05) is 13.1 Å². The van der Waals surface area contributed by atoms with Gasteiger partial charge in [0.25, 0.3) is 0 Å². The maximum absolute atomic E-state index is 13.5. The number of amides is 8. The van der Waals surface area contributed by atoms with Crippen molar-refractivity contribution < 1.29 is 38.4 Å². The average molecular weight is 881 g/mol. The van der Waals surface area contributed by atoms with Crippen LogP contribution in [0.15, 0.2) is 86.0 Å². The zero-order chi connectivity index (χ0) is 46.6. The topological polar surface area (TPSA) is 215 Å². The molecule has 6 rings (SSSR count). The average Bonchev–Trinajstić information content (AvgIpc) is 3.97. The molecule has 6 N–H and O–H groups in total. The van der Waals surface area contributed by atoms with E-state index in [0.717, 1.165) is 11.1 Å². The zero-order valence-corrected chi connectivity index (χ0v) is 37.5. The first-order chi connectivity index (χ1) is 30.4. The van der Waals surface area contributed by atoms with Crippen LogP contribution >= 0.6 is 0 Å². The van der Waals surface area contributed by atoms with Gasteiger partial charge in [0.05, 0.1) is 0 Å². The van der Waals surface area contributed by atoms with E-state index in [1.165, 1.54) is 0 Å². The lowest BCUT2D eigenvalue weighted by Gasteiger charge is -2.34. The molecular weight excluding hydrogens is 817 g/mol. The molecule has 0 radical (unpaired) electrons. The molecule has 0 spiro atoms. The van der Waals surface area contributed by atoms with Crippen molar-refractivity contribution in [2.45, 2.75) is 139 Å². The number of carbonyl (C=O) groups is 8. The SMILES string of the molecule is C=CCCC1NC(=O)C2CCCN2C(=O)C(Cc2ccccc2)NC(=O)C(C)(C)NC1=O.C=CCC[C@@H]1NC(=O)C2CCCN2C(=O)[C@H](Cc2ccccc2)NC(=O)C(C)(C)NC1=O. The zero-order valence-electron chi connectivity index (χ0n) is 37.5. The number of benzene rings is 2. The highest BCUT2D eigenvalue weighted by Gasteiger charge is 2.44. The first kappa shape index (κ1) is 48.7. The summed E-state index contributed by atoms with van der Waals surface area (Å²) < 4.78 is 0. The summed E-state index contributed by atoms with van der Waals surface area (Å²) in [5.74, 6) is -3.04. The quantitative estimate of drug-likeness (QED) is 0.194. The second kappa shape index (κ2) is 21.8. The lowest BCUT2D eigenvalue weighted by Crippen LogP contribution is -2.64. The molecule has 0 bridgehead atoms. The van der Waals surface area contributed by atoms with E-state index in [2.05, 4.69) is 45.1 Å². The molecule has 4 aliphatic heterocycles. The van der Waals surface area contributed by atoms with Crippen molar-refractivity contribution in [1.29, 1.82) is 0 Å². The third kappa shape index (κ3) is 12.4. The van der Waals surface area contributed by atoms with Gasteiger partial charge >= 0.3 is 0 Å². The Balaban J connectivity index is 0.000000241. The molecule has 2 aromatic rings. The Morgan fingerprint density at radius 2 is 0.891 bits per heavy atom. The molecule has 0 aliphatic carbocycles. The van der Waals surface area contributed by atoms with E-state index in [0.29, 0.717) is 77.3 Å². The molecule has 4 aliphatic rings. The van der Waals surface area contributed by atoms with Crippen LogP contribution in [0.2, 0.25) is 0 Å². The third-order valence-corrected chi connectivity index (χ3v) is 12.0. The highest BCUT2D eigenvalue weighted by molar-refractivity contribution is 6.00. The Labute approximate surface area is 375 Å². The lowest BCUT2D eigenvalue weighted by molar-refractivity contribution is -0.144. The lowest BCUT2D eigenvalue weighted by atomic mass is 9.98. The molecule has 16 nitrogen and oxygen atoms in total. The number of nitrogens with one attached hydrogen (secondary N) is 6. The Kier molecular flexibility index (Phi) is 16.6. The van der Waals surface area contributed by atoms with Crippen LogP contribution in [0.4, 0.5) is 0 Å². The molecule has 344 valence electrons. The highest BCUT2D eigenvalue weighted by Crippen LogP contribution is 2.23. The minimum atomic E-state index is -1.27. The minimum Gasteiger partial charge on any atom is -0.343 e. The van der Waals surface area contributed by atoms with Crippen LogP contribution in [0.25, 0.3) is 0 Å². The summed E-state index contributed by atoms with van der Waals surface area (Å²) in [6.45, 7) is 14.6. The molecule has 4 unspecified atom stereocenters. The van der Waals surface area contributed by atoms with Gasteiger partial charge in [0.2, 0.25) is 47.3 Å². The van der Waals surface area contributed by atoms with Crippen LogP contribution < -0.4 is 31.9 Å². The van der Waals surface area contributed by atoms with Crippen LogP contribution in [-0.4, -0.2) is 117 Å². The number of fused-ring (bicyclic) bond motifs is 2. The summed E-state index contributed by atoms with van der Waals surface area (Å²) in [7, 11) is 0. The number of nitrogens with zero attached hydrogens (tertiary/aromatic N) is 2. The van der Waals surface area contributed by atoms with Crippen LogP contribution in [-0.2, 0) is 51.2 Å². The maximum atomic E-state index is 13.5. The summed E-state index contributed by atoms with van der Waals surface area (Å²) in [4.78, 5) is 108. The van der Waals surface area contributed by atoms with Crippen LogP contribution in [0, 0.1) is 0 Å². The second-order valence-electron chi connectivity index (χ2n) is 17.9. The Morgan fingerprint density at radius 1 is 0.531 bits per heavy atom. The monoisotopic (exact) mass is 880 g/mol. The number of hydrogen-bond donors (Lipinski definition) is 6. The first-order valence-electron chi connectivity index (χ1n) is 22.2. The van der Waals surface area contributed by atoms with Gasteiger partial charge in [-0.15, -0.1) is 13.2 Å². The molecule has 6 atom stereocenters. The van der Waals surface area contributed by atoms with Crippen LogP contribution in [0.1, 0.15) is 90.2 Å². The van der Waals surface area contributed by atoms with Crippen molar-refractivity contribution in [3.05, 3.63) is 97.1 Å². The van der Waals surface area contributed by atoms with E-state index in [-0.39, 0.29) is 23.6 Å². The number of rotatable bonds is 10. The molecule has 64 heavy (non-hydrogen) atoms. The van der Waals surface area contributed by atoms with Crippen molar-refractivity contribution in [3.63, 3.8) is 0 Å². The molecular formula is C48H64N8O8. The van der Waals surface area contributed by atoms with Gasteiger partial charge in [-0.3, -0.25) is 38.4 Å². The fourth-order valence-corrected chi connectivity index (χ4v) is 8.33. The van der Waals surface area contributed by atoms with Crippen LogP contribution in [0.3, 0.4) is 0 Å². The van der Waals surface area contributed by atoms with E-state index < -0.39 is 71.0 Å². The number of carbonyl (C=O) groups excluding carboxylic acids is 8. The van der Waals surface area contributed by atoms with Crippen molar-refractivity contribution in [1.82, 2.24) is 41.7 Å². The smallest absolute Gasteiger partial charge is 0.246 e. The van der Waals surface area contributed by atoms with Gasteiger partial charge in [-0.1, -0.05) is 72.8 Å². The van der Waals surface area contributed by atoms with Gasteiger partial charge in [0.1, 0.15) is 47.3 Å². The van der Waals surface area contributed by atoms with Gasteiger partial charge in [0, 0.05) is 25.9 Å². The number of hydrogen-bond acceptors (Lipinski definition) is 8. The molecule has 4 saturated heterocycles. The van der Waals surface area contributed by atoms with Gasteiger partial charge in [-0.25, -0.2) is 0 Å². The fourth-order valence-electron chi connectivity index (χ4n) is 8.33. The van der Waals surface area contributed by atoms with Crippen LogP contribution in [0.5, 0.6) is 0 Å².